The van der Waals surface area contributed by atoms with Gasteiger partial charge in [0.2, 0.25) is 0 Å². The fourth-order valence-electron chi connectivity index (χ4n) is 2.52. The fraction of sp³-hybridized carbons (Fsp3) is 0.769. The number of nitrogens with zero attached hydrogens (tertiary/aromatic N) is 2. The predicted octanol–water partition coefficient (Wildman–Crippen LogP) is 2.60. The fourth-order valence-corrected chi connectivity index (χ4v) is 3.07. The van der Waals surface area contributed by atoms with Crippen molar-refractivity contribution in [2.45, 2.75) is 32.9 Å². The van der Waals surface area contributed by atoms with Crippen LogP contribution in [0.4, 0.5) is 0 Å². The molecule has 1 aliphatic rings. The van der Waals surface area contributed by atoms with Crippen LogP contribution in [0, 0.1) is 11.8 Å². The summed E-state index contributed by atoms with van der Waals surface area (Å²) in [6, 6.07) is 0.402. The van der Waals surface area contributed by atoms with Gasteiger partial charge in [-0.1, -0.05) is 13.8 Å². The molecule has 0 aromatic carbocycles. The molecule has 0 saturated heterocycles. The van der Waals surface area contributed by atoms with E-state index in [1.165, 1.54) is 12.1 Å². The second-order valence-corrected chi connectivity index (χ2v) is 5.86. The number of aromatic nitrogens is 2. The molecule has 18 heavy (non-hydrogen) atoms. The Bertz CT molecular complexity index is 394. The van der Waals surface area contributed by atoms with Gasteiger partial charge in [0.25, 0.3) is 0 Å². The maximum Gasteiger partial charge on any atom is 0.0699 e. The van der Waals surface area contributed by atoms with Crippen LogP contribution in [0.25, 0.3) is 0 Å². The van der Waals surface area contributed by atoms with Crippen molar-refractivity contribution < 1.29 is 4.74 Å². The highest BCUT2D eigenvalue weighted by molar-refractivity contribution is 9.10. The van der Waals surface area contributed by atoms with E-state index in [9.17, 15) is 0 Å². The number of hydrogen-bond donors (Lipinski definition) is 1. The van der Waals surface area contributed by atoms with Crippen molar-refractivity contribution in [1.82, 2.24) is 15.1 Å². The number of nitrogens with one attached hydrogen (secondary N) is 1. The highest BCUT2D eigenvalue weighted by atomic mass is 79.9. The minimum absolute atomic E-state index is 0.402. The van der Waals surface area contributed by atoms with Gasteiger partial charge in [-0.3, -0.25) is 4.68 Å². The van der Waals surface area contributed by atoms with Gasteiger partial charge in [-0.2, -0.15) is 5.10 Å². The molecule has 1 saturated carbocycles. The van der Waals surface area contributed by atoms with Crippen LogP contribution in [0.15, 0.2) is 10.7 Å². The van der Waals surface area contributed by atoms with Crippen molar-refractivity contribution >= 4 is 15.9 Å². The molecule has 1 heterocycles. The van der Waals surface area contributed by atoms with Crippen molar-refractivity contribution in [3.63, 3.8) is 0 Å². The highest BCUT2D eigenvalue weighted by Crippen LogP contribution is 2.48. The number of ether oxygens (including phenoxy) is 1. The SMILES string of the molecule is CCNC(c1c(Br)cnn1CCOC)C1CC1C. The van der Waals surface area contributed by atoms with E-state index in [2.05, 4.69) is 44.9 Å². The molecular weight excluding hydrogens is 294 g/mol. The van der Waals surface area contributed by atoms with E-state index < -0.39 is 0 Å². The van der Waals surface area contributed by atoms with Gasteiger partial charge >= 0.3 is 0 Å². The normalized spacial score (nSPS) is 24.2. The number of hydrogen-bond acceptors (Lipinski definition) is 3. The van der Waals surface area contributed by atoms with Crippen LogP contribution in [0.3, 0.4) is 0 Å². The third-order valence-corrected chi connectivity index (χ3v) is 4.27. The van der Waals surface area contributed by atoms with Crippen LogP contribution < -0.4 is 5.32 Å². The van der Waals surface area contributed by atoms with E-state index in [-0.39, 0.29) is 0 Å². The van der Waals surface area contributed by atoms with Gasteiger partial charge in [0.15, 0.2) is 0 Å². The summed E-state index contributed by atoms with van der Waals surface area (Å²) >= 11 is 3.63. The molecule has 0 amide bonds. The van der Waals surface area contributed by atoms with Crippen LogP contribution in [-0.2, 0) is 11.3 Å². The van der Waals surface area contributed by atoms with Gasteiger partial charge in [-0.25, -0.2) is 0 Å². The maximum absolute atomic E-state index is 5.15. The summed E-state index contributed by atoms with van der Waals surface area (Å²) < 4.78 is 8.31. The van der Waals surface area contributed by atoms with Crippen molar-refractivity contribution in [1.29, 1.82) is 0 Å². The smallest absolute Gasteiger partial charge is 0.0699 e. The Labute approximate surface area is 117 Å². The topological polar surface area (TPSA) is 39.1 Å². The zero-order valence-corrected chi connectivity index (χ0v) is 12.9. The maximum atomic E-state index is 5.15. The van der Waals surface area contributed by atoms with Crippen LogP contribution in [-0.4, -0.2) is 30.0 Å². The largest absolute Gasteiger partial charge is 0.383 e. The molecule has 0 spiro atoms. The lowest BCUT2D eigenvalue weighted by molar-refractivity contribution is 0.181. The number of rotatable bonds is 7. The molecule has 1 fully saturated rings. The first-order chi connectivity index (χ1) is 8.69. The van der Waals surface area contributed by atoms with E-state index >= 15 is 0 Å². The summed E-state index contributed by atoms with van der Waals surface area (Å²) in [7, 11) is 1.73. The summed E-state index contributed by atoms with van der Waals surface area (Å²) in [5.41, 5.74) is 1.27. The van der Waals surface area contributed by atoms with Crippen molar-refractivity contribution in [2.24, 2.45) is 11.8 Å². The van der Waals surface area contributed by atoms with E-state index in [1.807, 2.05) is 6.20 Å². The van der Waals surface area contributed by atoms with E-state index in [1.54, 1.807) is 7.11 Å². The van der Waals surface area contributed by atoms with Gasteiger partial charge in [-0.15, -0.1) is 0 Å². The molecule has 3 unspecified atom stereocenters. The lowest BCUT2D eigenvalue weighted by atomic mass is 10.1. The van der Waals surface area contributed by atoms with Crippen molar-refractivity contribution in [3.05, 3.63) is 16.4 Å². The minimum Gasteiger partial charge on any atom is -0.383 e. The first-order valence-electron chi connectivity index (χ1n) is 6.62. The van der Waals surface area contributed by atoms with Gasteiger partial charge in [0.1, 0.15) is 0 Å². The standard InChI is InChI=1S/C13H22BrN3O/c1-4-15-12(10-7-9(10)2)13-11(14)8-16-17(13)5-6-18-3/h8-10,12,15H,4-7H2,1-3H3. The molecule has 0 radical (unpaired) electrons. The molecule has 2 rings (SSSR count). The quantitative estimate of drug-likeness (QED) is 0.840. The molecule has 1 aliphatic carbocycles. The lowest BCUT2D eigenvalue weighted by Gasteiger charge is -2.20. The van der Waals surface area contributed by atoms with Crippen molar-refractivity contribution in [2.75, 3.05) is 20.3 Å². The molecule has 102 valence electrons. The Kier molecular flexibility index (Phi) is 4.81. The zero-order valence-electron chi connectivity index (χ0n) is 11.3. The third-order valence-electron chi connectivity index (χ3n) is 3.66. The first-order valence-corrected chi connectivity index (χ1v) is 7.41. The van der Waals surface area contributed by atoms with Crippen LogP contribution >= 0.6 is 15.9 Å². The number of methoxy groups -OCH3 is 1. The Morgan fingerprint density at radius 3 is 2.94 bits per heavy atom. The summed E-state index contributed by atoms with van der Waals surface area (Å²) in [5, 5.41) is 8.04. The molecule has 1 N–H and O–H groups in total. The molecule has 1 aromatic heterocycles. The molecule has 1 aromatic rings. The molecule has 5 heteroatoms. The molecule has 0 bridgehead atoms. The zero-order chi connectivity index (χ0) is 13.1. The van der Waals surface area contributed by atoms with Gasteiger partial charge < -0.3 is 10.1 Å². The summed E-state index contributed by atoms with van der Waals surface area (Å²) in [6.45, 7) is 6.96. The Hall–Kier alpha value is -0.390. The average molecular weight is 316 g/mol. The monoisotopic (exact) mass is 315 g/mol. The number of halogens is 1. The van der Waals surface area contributed by atoms with Gasteiger partial charge in [-0.05, 0) is 40.7 Å². The Morgan fingerprint density at radius 2 is 2.39 bits per heavy atom. The van der Waals surface area contributed by atoms with E-state index in [0.717, 1.165) is 29.4 Å². The van der Waals surface area contributed by atoms with Crippen LogP contribution in [0.2, 0.25) is 0 Å². The second kappa shape index (κ2) is 6.17. The molecular formula is C13H22BrN3O. The van der Waals surface area contributed by atoms with Gasteiger partial charge in [0.05, 0.1) is 35.6 Å². The third kappa shape index (κ3) is 2.95. The summed E-state index contributed by atoms with van der Waals surface area (Å²) in [5.74, 6) is 1.55. The van der Waals surface area contributed by atoms with Crippen LogP contribution in [0.5, 0.6) is 0 Å². The average Bonchev–Trinajstić information content (AvgIpc) is 2.96. The summed E-state index contributed by atoms with van der Waals surface area (Å²) in [4.78, 5) is 0. The van der Waals surface area contributed by atoms with Crippen molar-refractivity contribution in [3.8, 4) is 0 Å². The van der Waals surface area contributed by atoms with E-state index in [0.29, 0.717) is 12.6 Å². The Morgan fingerprint density at radius 1 is 1.67 bits per heavy atom. The second-order valence-electron chi connectivity index (χ2n) is 5.01. The van der Waals surface area contributed by atoms with E-state index in [4.69, 9.17) is 4.74 Å². The molecule has 0 aliphatic heterocycles. The minimum atomic E-state index is 0.402. The molecule has 4 nitrogen and oxygen atoms in total. The molecule has 3 atom stereocenters. The predicted molar refractivity (Wildman–Crippen MR) is 75.5 cm³/mol. The van der Waals surface area contributed by atoms with Gasteiger partial charge in [0, 0.05) is 7.11 Å². The lowest BCUT2D eigenvalue weighted by Crippen LogP contribution is -2.27. The highest BCUT2D eigenvalue weighted by Gasteiger charge is 2.41. The Balaban J connectivity index is 2.19. The van der Waals surface area contributed by atoms with Crippen LogP contribution in [0.1, 0.15) is 32.0 Å². The summed E-state index contributed by atoms with van der Waals surface area (Å²) in [6.07, 6.45) is 3.20. The first kappa shape index (κ1) is 14.0.